The first-order chi connectivity index (χ1) is 11.9. The third-order valence-corrected chi connectivity index (χ3v) is 4.29. The molecule has 0 fully saturated rings. The van der Waals surface area contributed by atoms with Crippen molar-refractivity contribution >= 4 is 29.0 Å². The second kappa shape index (κ2) is 7.91. The Morgan fingerprint density at radius 2 is 2.16 bits per heavy atom. The lowest BCUT2D eigenvalue weighted by molar-refractivity contribution is 0.0924. The van der Waals surface area contributed by atoms with Crippen LogP contribution in [0.15, 0.2) is 36.5 Å². The number of carbonyl (C=O) groups excluding carboxylic acids is 1. The van der Waals surface area contributed by atoms with E-state index in [0.717, 1.165) is 0 Å². The Labute approximate surface area is 152 Å². The molecule has 1 atom stereocenters. The van der Waals surface area contributed by atoms with Crippen LogP contribution in [0, 0.1) is 12.3 Å². The minimum Gasteiger partial charge on any atom is -0.495 e. The summed E-state index contributed by atoms with van der Waals surface area (Å²) in [6.45, 7) is 3.71. The Bertz CT molecular complexity index is 817. The van der Waals surface area contributed by atoms with Gasteiger partial charge in [-0.15, -0.1) is 6.42 Å². The molecule has 5 nitrogen and oxygen atoms in total. The monoisotopic (exact) mass is 357 g/mol. The highest BCUT2D eigenvalue weighted by Crippen LogP contribution is 2.33. The molecular formula is C19H20ClN3O2. The smallest absolute Gasteiger partial charge is 0.256 e. The van der Waals surface area contributed by atoms with Gasteiger partial charge < -0.3 is 15.4 Å². The first kappa shape index (κ1) is 18.6. The first-order valence-corrected chi connectivity index (χ1v) is 8.16. The molecule has 1 aromatic heterocycles. The van der Waals surface area contributed by atoms with E-state index in [-0.39, 0.29) is 5.91 Å². The van der Waals surface area contributed by atoms with Crippen LogP contribution in [0.2, 0.25) is 5.02 Å². The molecular weight excluding hydrogens is 338 g/mol. The third-order valence-electron chi connectivity index (χ3n) is 3.90. The van der Waals surface area contributed by atoms with Gasteiger partial charge in [-0.3, -0.25) is 4.79 Å². The van der Waals surface area contributed by atoms with Crippen LogP contribution in [0.4, 0.5) is 11.5 Å². The van der Waals surface area contributed by atoms with Crippen LogP contribution in [0.1, 0.15) is 30.6 Å². The number of anilines is 2. The Balaban J connectivity index is 2.33. The van der Waals surface area contributed by atoms with Gasteiger partial charge in [0.2, 0.25) is 0 Å². The Kier molecular flexibility index (Phi) is 5.89. The van der Waals surface area contributed by atoms with Crippen LogP contribution in [0.25, 0.3) is 0 Å². The standard InChI is InChI=1S/C19H20ClN3O2/c1-5-19(3,6-2)23-18(24)13-9-8-12-21-17(13)22-14-10-7-11-15(25-4)16(14)20/h1,7-12H,6H2,2-4H3,(H,21,22)(H,23,24)/t19-/m1/s1. The quantitative estimate of drug-likeness (QED) is 0.766. The van der Waals surface area contributed by atoms with Gasteiger partial charge in [-0.1, -0.05) is 30.5 Å². The van der Waals surface area contributed by atoms with Gasteiger partial charge in [0.05, 0.1) is 23.9 Å². The predicted octanol–water partition coefficient (Wildman–Crippen LogP) is 4.02. The van der Waals surface area contributed by atoms with E-state index in [4.69, 9.17) is 22.8 Å². The van der Waals surface area contributed by atoms with Gasteiger partial charge in [0.15, 0.2) is 0 Å². The molecule has 1 heterocycles. The number of aromatic nitrogens is 1. The molecule has 0 aliphatic carbocycles. The third kappa shape index (κ3) is 4.23. The van der Waals surface area contributed by atoms with Crippen molar-refractivity contribution in [3.8, 4) is 18.1 Å². The number of methoxy groups -OCH3 is 1. The molecule has 0 saturated heterocycles. The highest BCUT2D eigenvalue weighted by molar-refractivity contribution is 6.34. The zero-order chi connectivity index (χ0) is 18.4. The van der Waals surface area contributed by atoms with E-state index in [9.17, 15) is 4.79 Å². The summed E-state index contributed by atoms with van der Waals surface area (Å²) < 4.78 is 5.20. The van der Waals surface area contributed by atoms with Crippen molar-refractivity contribution in [1.82, 2.24) is 10.3 Å². The number of ether oxygens (including phenoxy) is 1. The minimum absolute atomic E-state index is 0.308. The van der Waals surface area contributed by atoms with Crippen molar-refractivity contribution in [2.24, 2.45) is 0 Å². The zero-order valence-corrected chi connectivity index (χ0v) is 15.1. The van der Waals surface area contributed by atoms with E-state index < -0.39 is 5.54 Å². The maximum absolute atomic E-state index is 12.7. The number of benzene rings is 1. The van der Waals surface area contributed by atoms with Gasteiger partial charge in [-0.2, -0.15) is 0 Å². The Morgan fingerprint density at radius 3 is 2.80 bits per heavy atom. The van der Waals surface area contributed by atoms with Gasteiger partial charge in [-0.25, -0.2) is 4.98 Å². The van der Waals surface area contributed by atoms with Crippen molar-refractivity contribution in [2.45, 2.75) is 25.8 Å². The topological polar surface area (TPSA) is 63.2 Å². The second-order valence-electron chi connectivity index (χ2n) is 5.63. The molecule has 6 heteroatoms. The molecule has 1 amide bonds. The molecule has 0 bridgehead atoms. The number of rotatable bonds is 6. The summed E-state index contributed by atoms with van der Waals surface area (Å²) in [4.78, 5) is 16.9. The fraction of sp³-hybridized carbons (Fsp3) is 0.263. The van der Waals surface area contributed by atoms with Crippen LogP contribution < -0.4 is 15.4 Å². The van der Waals surface area contributed by atoms with Crippen molar-refractivity contribution in [3.05, 3.63) is 47.1 Å². The highest BCUT2D eigenvalue weighted by Gasteiger charge is 2.24. The van der Waals surface area contributed by atoms with E-state index in [0.29, 0.717) is 34.3 Å². The van der Waals surface area contributed by atoms with Crippen LogP contribution in [0.3, 0.4) is 0 Å². The Morgan fingerprint density at radius 1 is 1.40 bits per heavy atom. The molecule has 0 unspecified atom stereocenters. The average Bonchev–Trinajstić information content (AvgIpc) is 2.63. The number of hydrogen-bond donors (Lipinski definition) is 2. The number of amides is 1. The normalized spacial score (nSPS) is 12.6. The maximum Gasteiger partial charge on any atom is 0.256 e. The second-order valence-corrected chi connectivity index (χ2v) is 6.01. The van der Waals surface area contributed by atoms with Gasteiger partial charge in [0.25, 0.3) is 5.91 Å². The molecule has 130 valence electrons. The summed E-state index contributed by atoms with van der Waals surface area (Å²) in [5.41, 5.74) is 0.234. The van der Waals surface area contributed by atoms with Crippen molar-refractivity contribution in [1.29, 1.82) is 0 Å². The summed E-state index contributed by atoms with van der Waals surface area (Å²) in [6, 6.07) is 8.68. The van der Waals surface area contributed by atoms with Crippen molar-refractivity contribution in [3.63, 3.8) is 0 Å². The fourth-order valence-electron chi connectivity index (χ4n) is 2.13. The summed E-state index contributed by atoms with van der Waals surface area (Å²) in [5, 5.41) is 6.35. The van der Waals surface area contributed by atoms with Crippen LogP contribution in [-0.2, 0) is 0 Å². The lowest BCUT2D eigenvalue weighted by atomic mass is 9.99. The molecule has 0 saturated carbocycles. The first-order valence-electron chi connectivity index (χ1n) is 7.79. The summed E-state index contributed by atoms with van der Waals surface area (Å²) in [5.74, 6) is 3.21. The SMILES string of the molecule is C#C[C@](C)(CC)NC(=O)c1cccnc1Nc1cccc(OC)c1Cl. The van der Waals surface area contributed by atoms with Crippen molar-refractivity contribution in [2.75, 3.05) is 12.4 Å². The van der Waals surface area contributed by atoms with Crippen molar-refractivity contribution < 1.29 is 9.53 Å². The molecule has 2 aromatic rings. The van der Waals surface area contributed by atoms with E-state index >= 15 is 0 Å². The maximum atomic E-state index is 12.7. The summed E-state index contributed by atoms with van der Waals surface area (Å²) in [7, 11) is 1.54. The van der Waals surface area contributed by atoms with E-state index in [1.54, 1.807) is 43.5 Å². The lowest BCUT2D eigenvalue weighted by Crippen LogP contribution is -2.44. The molecule has 1 aromatic carbocycles. The molecule has 0 aliphatic rings. The molecule has 0 radical (unpaired) electrons. The number of carbonyl (C=O) groups is 1. The summed E-state index contributed by atoms with van der Waals surface area (Å²) >= 11 is 6.30. The average molecular weight is 358 g/mol. The molecule has 2 N–H and O–H groups in total. The van der Waals surface area contributed by atoms with Gasteiger partial charge >= 0.3 is 0 Å². The summed E-state index contributed by atoms with van der Waals surface area (Å²) in [6.07, 6.45) is 7.73. The van der Waals surface area contributed by atoms with E-state index in [1.165, 1.54) is 7.11 Å². The number of terminal acetylenes is 1. The molecule has 0 spiro atoms. The number of halogens is 1. The number of nitrogens with one attached hydrogen (secondary N) is 2. The zero-order valence-electron chi connectivity index (χ0n) is 14.4. The van der Waals surface area contributed by atoms with Gasteiger partial charge in [0, 0.05) is 6.20 Å². The van der Waals surface area contributed by atoms with Crippen LogP contribution in [-0.4, -0.2) is 23.5 Å². The van der Waals surface area contributed by atoms with Gasteiger partial charge in [-0.05, 0) is 37.6 Å². The molecule has 25 heavy (non-hydrogen) atoms. The largest absolute Gasteiger partial charge is 0.495 e. The molecule has 2 rings (SSSR count). The lowest BCUT2D eigenvalue weighted by Gasteiger charge is -2.24. The number of nitrogens with zero attached hydrogens (tertiary/aromatic N) is 1. The van der Waals surface area contributed by atoms with Gasteiger partial charge in [0.1, 0.15) is 16.6 Å². The number of pyridine rings is 1. The molecule has 0 aliphatic heterocycles. The predicted molar refractivity (Wildman–Crippen MR) is 101 cm³/mol. The number of hydrogen-bond acceptors (Lipinski definition) is 4. The van der Waals surface area contributed by atoms with Crippen LogP contribution >= 0.6 is 11.6 Å². The van der Waals surface area contributed by atoms with E-state index in [1.807, 2.05) is 6.92 Å². The Hall–Kier alpha value is -2.71. The van der Waals surface area contributed by atoms with E-state index in [2.05, 4.69) is 21.5 Å². The minimum atomic E-state index is -0.724. The fourth-order valence-corrected chi connectivity index (χ4v) is 2.38. The van der Waals surface area contributed by atoms with Crippen LogP contribution in [0.5, 0.6) is 5.75 Å². The highest BCUT2D eigenvalue weighted by atomic mass is 35.5.